The third-order valence-corrected chi connectivity index (χ3v) is 16.7. The highest BCUT2D eigenvalue weighted by Gasteiger charge is 2.45. The molecule has 49 heavy (non-hydrogen) atoms. The van der Waals surface area contributed by atoms with Gasteiger partial charge in [-0.05, 0) is 120 Å². The Bertz CT molecular complexity index is 931. The maximum atomic E-state index is 14.2. The molecule has 6 rings (SSSR count). The molecule has 6 aliphatic carbocycles. The zero-order chi connectivity index (χ0) is 34.2. The maximum Gasteiger partial charge on any atom is 0.475 e. The Morgan fingerprint density at radius 1 is 0.327 bits per heavy atom. The van der Waals surface area contributed by atoms with Gasteiger partial charge in [-0.1, -0.05) is 90.9 Å². The lowest BCUT2D eigenvalue weighted by Gasteiger charge is -2.47. The summed E-state index contributed by atoms with van der Waals surface area (Å²) in [4.78, 5) is 0. The predicted octanol–water partition coefficient (Wildman–Crippen LogP) is 12.8. The van der Waals surface area contributed by atoms with Crippen LogP contribution in [0.1, 0.15) is 194 Å². The van der Waals surface area contributed by atoms with Crippen LogP contribution in [0.25, 0.3) is 0 Å². The molecule has 0 N–H and O–H groups in total. The first kappa shape index (κ1) is 38.9. The van der Waals surface area contributed by atoms with Crippen molar-refractivity contribution in [2.45, 2.75) is 230 Å². The highest BCUT2D eigenvalue weighted by molar-refractivity contribution is 7.48. The average molecular weight is 729 g/mol. The van der Waals surface area contributed by atoms with E-state index in [1.165, 1.54) is 25.7 Å². The molecule has 6 fully saturated rings. The van der Waals surface area contributed by atoms with Crippen LogP contribution in [0, 0.1) is 17.3 Å². The Labute approximate surface area is 298 Å². The molecule has 0 aliphatic heterocycles. The molecule has 0 aromatic carbocycles. The van der Waals surface area contributed by atoms with Crippen molar-refractivity contribution < 1.29 is 36.3 Å². The Morgan fingerprint density at radius 2 is 0.531 bits per heavy atom. The molecule has 6 aliphatic rings. The van der Waals surface area contributed by atoms with Crippen LogP contribution in [-0.2, 0) is 36.3 Å². The van der Waals surface area contributed by atoms with Gasteiger partial charge in [0.2, 0.25) is 0 Å². The van der Waals surface area contributed by atoms with Crippen LogP contribution in [0.5, 0.6) is 0 Å². The SMILES string of the molecule is CC(C)(C1CCC(OP(=O)(OC2CCCCC2)OC2CCCCC2)CC1)C1CCC(OP(=O)(OC2CCCCC2)OC2CCCCC2)CC1. The van der Waals surface area contributed by atoms with Gasteiger partial charge in [0.1, 0.15) is 0 Å². The monoisotopic (exact) mass is 728 g/mol. The fourth-order valence-electron chi connectivity index (χ4n) is 10.1. The lowest BCUT2D eigenvalue weighted by atomic mass is 9.60. The molecule has 0 amide bonds. The van der Waals surface area contributed by atoms with E-state index in [1.807, 2.05) is 0 Å². The van der Waals surface area contributed by atoms with Gasteiger partial charge in [-0.25, -0.2) is 9.13 Å². The number of hydrogen-bond acceptors (Lipinski definition) is 8. The van der Waals surface area contributed by atoms with Crippen molar-refractivity contribution in [1.29, 1.82) is 0 Å². The minimum Gasteiger partial charge on any atom is -0.284 e. The molecule has 0 saturated heterocycles. The van der Waals surface area contributed by atoms with Crippen molar-refractivity contribution in [2.24, 2.45) is 17.3 Å². The predicted molar refractivity (Wildman–Crippen MR) is 194 cm³/mol. The van der Waals surface area contributed by atoms with Gasteiger partial charge in [0, 0.05) is 0 Å². The van der Waals surface area contributed by atoms with Gasteiger partial charge in [-0.3, -0.25) is 27.1 Å². The van der Waals surface area contributed by atoms with Crippen molar-refractivity contribution in [3.8, 4) is 0 Å². The second kappa shape index (κ2) is 18.5. The summed E-state index contributed by atoms with van der Waals surface area (Å²) in [6, 6.07) is 0. The number of phosphoric acid groups is 2. The van der Waals surface area contributed by atoms with Crippen molar-refractivity contribution in [3.63, 3.8) is 0 Å². The number of phosphoric ester groups is 2. The standard InChI is InChI=1S/C39H70O8P2/c1-39(2,31-23-27-37(28-24-31)46-48(40,42-33-15-7-3-8-16-33)43-34-17-9-4-10-18-34)32-25-29-38(30-26-32)47-49(41,44-35-19-11-5-12-20-35)45-36-21-13-6-14-22-36/h31-38H,3-30H2,1-2H3. The molecule has 0 unspecified atom stereocenters. The van der Waals surface area contributed by atoms with Gasteiger partial charge in [-0.15, -0.1) is 0 Å². The van der Waals surface area contributed by atoms with Gasteiger partial charge < -0.3 is 0 Å². The van der Waals surface area contributed by atoms with E-state index in [9.17, 15) is 9.13 Å². The summed E-state index contributed by atoms with van der Waals surface area (Å²) in [5.74, 6) is 1.17. The molecule has 0 radical (unpaired) electrons. The fraction of sp³-hybridized carbons (Fsp3) is 1.00. The largest absolute Gasteiger partial charge is 0.475 e. The van der Waals surface area contributed by atoms with E-state index < -0.39 is 15.6 Å². The lowest BCUT2D eigenvalue weighted by molar-refractivity contribution is -0.0244. The van der Waals surface area contributed by atoms with Crippen LogP contribution in [-0.4, -0.2) is 36.6 Å². The summed E-state index contributed by atoms with van der Waals surface area (Å²) < 4.78 is 66.2. The minimum absolute atomic E-state index is 0.0101. The van der Waals surface area contributed by atoms with E-state index in [0.717, 1.165) is 154 Å². The summed E-state index contributed by atoms with van der Waals surface area (Å²) in [7, 11) is -7.23. The second-order valence-corrected chi connectivity index (χ2v) is 20.4. The first-order valence-corrected chi connectivity index (χ1v) is 23.9. The summed E-state index contributed by atoms with van der Waals surface area (Å²) in [6.45, 7) is 4.91. The normalized spacial score (nSPS) is 31.6. The molecule has 0 heterocycles. The molecule has 10 heteroatoms. The van der Waals surface area contributed by atoms with E-state index in [4.69, 9.17) is 27.1 Å². The van der Waals surface area contributed by atoms with Crippen LogP contribution in [0.15, 0.2) is 0 Å². The zero-order valence-corrected chi connectivity index (χ0v) is 32.9. The number of hydrogen-bond donors (Lipinski definition) is 0. The zero-order valence-electron chi connectivity index (χ0n) is 31.1. The topological polar surface area (TPSA) is 89.5 Å². The molecule has 6 saturated carbocycles. The van der Waals surface area contributed by atoms with Gasteiger partial charge in [0.15, 0.2) is 0 Å². The first-order valence-electron chi connectivity index (χ1n) is 21.0. The average Bonchev–Trinajstić information content (AvgIpc) is 3.10. The third-order valence-electron chi connectivity index (χ3n) is 13.3. The first-order chi connectivity index (χ1) is 23.7. The summed E-state index contributed by atoms with van der Waals surface area (Å²) in [5.41, 5.74) is 0.178. The van der Waals surface area contributed by atoms with Crippen LogP contribution in [0.2, 0.25) is 0 Å². The highest BCUT2D eigenvalue weighted by atomic mass is 31.2. The molecule has 8 nitrogen and oxygen atoms in total. The van der Waals surface area contributed by atoms with Crippen LogP contribution in [0.4, 0.5) is 0 Å². The van der Waals surface area contributed by atoms with Crippen LogP contribution < -0.4 is 0 Å². The molecule has 284 valence electrons. The molecule has 0 aromatic rings. The van der Waals surface area contributed by atoms with Gasteiger partial charge in [0.05, 0.1) is 36.6 Å². The summed E-state index contributed by atoms with van der Waals surface area (Å²) in [5, 5.41) is 0. The molecule has 0 aromatic heterocycles. The van der Waals surface area contributed by atoms with Gasteiger partial charge >= 0.3 is 15.6 Å². The Kier molecular flexibility index (Phi) is 14.7. The van der Waals surface area contributed by atoms with Gasteiger partial charge in [0.25, 0.3) is 0 Å². The highest BCUT2D eigenvalue weighted by Crippen LogP contribution is 2.59. The third kappa shape index (κ3) is 11.6. The maximum absolute atomic E-state index is 14.2. The Morgan fingerprint density at radius 3 is 0.755 bits per heavy atom. The number of rotatable bonds is 14. The van der Waals surface area contributed by atoms with Crippen molar-refractivity contribution in [2.75, 3.05) is 0 Å². The van der Waals surface area contributed by atoms with Crippen molar-refractivity contribution in [1.82, 2.24) is 0 Å². The van der Waals surface area contributed by atoms with Gasteiger partial charge in [-0.2, -0.15) is 0 Å². The quantitative estimate of drug-likeness (QED) is 0.163. The summed E-state index contributed by atoms with van der Waals surface area (Å²) >= 11 is 0. The van der Waals surface area contributed by atoms with E-state index in [1.54, 1.807) is 0 Å². The molecule has 0 atom stereocenters. The van der Waals surface area contributed by atoms with Crippen molar-refractivity contribution in [3.05, 3.63) is 0 Å². The van der Waals surface area contributed by atoms with Crippen LogP contribution in [0.3, 0.4) is 0 Å². The molecular weight excluding hydrogens is 658 g/mol. The van der Waals surface area contributed by atoms with E-state index in [0.29, 0.717) is 11.8 Å². The van der Waals surface area contributed by atoms with E-state index in [2.05, 4.69) is 13.8 Å². The lowest BCUT2D eigenvalue weighted by Crippen LogP contribution is -2.39. The smallest absolute Gasteiger partial charge is 0.284 e. The van der Waals surface area contributed by atoms with Crippen molar-refractivity contribution >= 4 is 15.6 Å². The Hall–Kier alpha value is 0.220. The molecule has 0 spiro atoms. The second-order valence-electron chi connectivity index (χ2n) is 17.3. The van der Waals surface area contributed by atoms with Crippen LogP contribution >= 0.6 is 15.6 Å². The molecule has 0 bridgehead atoms. The fourth-order valence-corrected chi connectivity index (χ4v) is 13.8. The summed E-state index contributed by atoms with van der Waals surface area (Å²) in [6.07, 6.45) is 29.3. The molecular formula is C39H70O8P2. The van der Waals surface area contributed by atoms with E-state index >= 15 is 0 Å². The minimum atomic E-state index is -3.62. The van der Waals surface area contributed by atoms with E-state index in [-0.39, 0.29) is 42.0 Å². The Balaban J connectivity index is 0.992.